The second-order valence-corrected chi connectivity index (χ2v) is 16.2. The molecule has 0 fully saturated rings. The first-order chi connectivity index (χ1) is 26.4. The minimum Gasteiger partial charge on any atom is -0.407 e. The van der Waals surface area contributed by atoms with Gasteiger partial charge in [-0.2, -0.15) is 0 Å². The van der Waals surface area contributed by atoms with E-state index in [1.165, 1.54) is 148 Å². The number of unbranched alkanes of at least 4 members (excludes halogenated alkanes) is 28. The van der Waals surface area contributed by atoms with Crippen molar-refractivity contribution in [2.24, 2.45) is 17.4 Å². The van der Waals surface area contributed by atoms with Crippen LogP contribution in [0.15, 0.2) is 24.3 Å². The summed E-state index contributed by atoms with van der Waals surface area (Å²) in [5.41, 5.74) is 12.2. The fourth-order valence-electron chi connectivity index (χ4n) is 7.13. The Bertz CT molecular complexity index is 875. The molecular weight excluding hydrogens is 669 g/mol. The molecule has 0 saturated heterocycles. The van der Waals surface area contributed by atoms with Gasteiger partial charge in [0, 0.05) is 6.42 Å². The maximum atomic E-state index is 13.4. The summed E-state index contributed by atoms with van der Waals surface area (Å²) in [5, 5.41) is 0. The van der Waals surface area contributed by atoms with Crippen molar-refractivity contribution in [2.45, 2.75) is 258 Å². The molecule has 0 aliphatic rings. The van der Waals surface area contributed by atoms with Gasteiger partial charge in [0.05, 0.1) is 12.5 Å². The number of allylic oxidation sites excluding steroid dienone is 4. The molecule has 0 aliphatic heterocycles. The molecule has 2 atom stereocenters. The molecule has 6 heteroatoms. The second-order valence-electron chi connectivity index (χ2n) is 16.2. The molecule has 6 nitrogen and oxygen atoms in total. The molecule has 0 spiro atoms. The van der Waals surface area contributed by atoms with Gasteiger partial charge >= 0.3 is 17.8 Å². The quantitative estimate of drug-likeness (QED) is 0.0278. The van der Waals surface area contributed by atoms with E-state index in [1.807, 2.05) is 0 Å². The lowest BCUT2D eigenvalue weighted by Gasteiger charge is -2.29. The van der Waals surface area contributed by atoms with Gasteiger partial charge in [0.1, 0.15) is 0 Å². The Morgan fingerprint density at radius 2 is 0.778 bits per heavy atom. The largest absolute Gasteiger partial charge is 0.407 e. The predicted octanol–water partition coefficient (Wildman–Crippen LogP) is 14.5. The second kappa shape index (κ2) is 41.0. The monoisotopic (exact) mass is 761 g/mol. The molecule has 0 saturated carbocycles. The number of hydrogen-bond acceptors (Lipinski definition) is 6. The summed E-state index contributed by atoms with van der Waals surface area (Å²) in [6.07, 6.45) is 51.3. The summed E-state index contributed by atoms with van der Waals surface area (Å²) in [7, 11) is 0. The van der Waals surface area contributed by atoms with E-state index in [2.05, 4.69) is 45.1 Å². The highest BCUT2D eigenvalue weighted by atomic mass is 16.7. The van der Waals surface area contributed by atoms with E-state index in [-0.39, 0.29) is 24.9 Å². The van der Waals surface area contributed by atoms with Crippen molar-refractivity contribution in [3.8, 4) is 0 Å². The van der Waals surface area contributed by atoms with Crippen molar-refractivity contribution >= 4 is 11.9 Å². The average Bonchev–Trinajstić information content (AvgIpc) is 3.16. The van der Waals surface area contributed by atoms with E-state index in [0.717, 1.165) is 77.0 Å². The standard InChI is InChI=1S/C48H92N2O4/c1-4-7-10-13-16-19-21-23-25-27-29-31-34-37-40-43-46(51)53-48(50,44-49)54-47(52)45(41-38-35-32-18-15-12-9-6-3)42-39-36-33-30-28-26-24-22-20-17-14-11-8-5-2/h23-26,45H,4-22,27-44,49-50H2,1-3H3/b25-23-,26-24-. The van der Waals surface area contributed by atoms with Crippen LogP contribution in [-0.4, -0.2) is 24.4 Å². The van der Waals surface area contributed by atoms with Crippen LogP contribution in [0.1, 0.15) is 252 Å². The normalized spacial score (nSPS) is 13.5. The molecule has 2 unspecified atom stereocenters. The number of rotatable bonds is 42. The number of carbonyl (C=O) groups excluding carboxylic acids is 2. The summed E-state index contributed by atoms with van der Waals surface area (Å²) in [6.45, 7) is 6.52. The Kier molecular flexibility index (Phi) is 39.7. The molecule has 318 valence electrons. The lowest BCUT2D eigenvalue weighted by molar-refractivity contribution is -0.226. The number of esters is 2. The fraction of sp³-hybridized carbons (Fsp3) is 0.875. The summed E-state index contributed by atoms with van der Waals surface area (Å²) < 4.78 is 11.2. The zero-order chi connectivity index (χ0) is 39.6. The van der Waals surface area contributed by atoms with Gasteiger partial charge in [-0.05, 0) is 70.6 Å². The van der Waals surface area contributed by atoms with Crippen molar-refractivity contribution in [1.29, 1.82) is 0 Å². The molecule has 0 amide bonds. The summed E-state index contributed by atoms with van der Waals surface area (Å²) in [5.74, 6) is -2.98. The Morgan fingerprint density at radius 3 is 1.13 bits per heavy atom. The smallest absolute Gasteiger partial charge is 0.328 e. The van der Waals surface area contributed by atoms with Crippen LogP contribution in [0, 0.1) is 5.92 Å². The van der Waals surface area contributed by atoms with Crippen LogP contribution in [0.3, 0.4) is 0 Å². The van der Waals surface area contributed by atoms with Gasteiger partial charge in [-0.25, -0.2) is 0 Å². The van der Waals surface area contributed by atoms with E-state index < -0.39 is 11.9 Å². The molecule has 0 aromatic carbocycles. The number of ether oxygens (including phenoxy) is 2. The lowest BCUT2D eigenvalue weighted by Crippen LogP contribution is -2.55. The highest BCUT2D eigenvalue weighted by Gasteiger charge is 2.35. The molecule has 0 rings (SSSR count). The maximum absolute atomic E-state index is 13.4. The summed E-state index contributed by atoms with van der Waals surface area (Å²) in [6, 6.07) is 0. The van der Waals surface area contributed by atoms with Crippen LogP contribution in [0.4, 0.5) is 0 Å². The molecule has 0 aromatic rings. The van der Waals surface area contributed by atoms with Crippen LogP contribution in [0.2, 0.25) is 0 Å². The molecule has 0 bridgehead atoms. The topological polar surface area (TPSA) is 105 Å². The Hall–Kier alpha value is -1.66. The summed E-state index contributed by atoms with van der Waals surface area (Å²) in [4.78, 5) is 26.1. The molecule has 4 N–H and O–H groups in total. The van der Waals surface area contributed by atoms with E-state index in [1.54, 1.807) is 0 Å². The van der Waals surface area contributed by atoms with Crippen LogP contribution in [0.25, 0.3) is 0 Å². The lowest BCUT2D eigenvalue weighted by atomic mass is 9.94. The molecule has 0 radical (unpaired) electrons. The number of carbonyl (C=O) groups is 2. The first kappa shape index (κ1) is 52.3. The minimum atomic E-state index is -1.91. The SMILES string of the molecule is CCCCCCCC/C=C\CCCCCCCC(=O)OC(N)(CN)OC(=O)C(CCCCCC/C=C\CCCCCCCC)CCCCCCCCCC. The van der Waals surface area contributed by atoms with Gasteiger partial charge < -0.3 is 15.2 Å². The third-order valence-corrected chi connectivity index (χ3v) is 10.8. The molecule has 0 aromatic heterocycles. The first-order valence-corrected chi connectivity index (χ1v) is 23.7. The van der Waals surface area contributed by atoms with Gasteiger partial charge in [0.25, 0.3) is 0 Å². The summed E-state index contributed by atoms with van der Waals surface area (Å²) >= 11 is 0. The number of hydrogen-bond donors (Lipinski definition) is 2. The van der Waals surface area contributed by atoms with Crippen LogP contribution in [-0.2, 0) is 19.1 Å². The van der Waals surface area contributed by atoms with Gasteiger partial charge in [0.2, 0.25) is 0 Å². The minimum absolute atomic E-state index is 0.249. The van der Waals surface area contributed by atoms with Crippen molar-refractivity contribution in [2.75, 3.05) is 6.54 Å². The van der Waals surface area contributed by atoms with Gasteiger partial charge in [-0.15, -0.1) is 0 Å². The Labute approximate surface area is 336 Å². The van der Waals surface area contributed by atoms with E-state index >= 15 is 0 Å². The van der Waals surface area contributed by atoms with E-state index in [0.29, 0.717) is 0 Å². The Balaban J connectivity index is 4.50. The van der Waals surface area contributed by atoms with Crippen LogP contribution in [0.5, 0.6) is 0 Å². The maximum Gasteiger partial charge on any atom is 0.328 e. The van der Waals surface area contributed by atoms with Crippen LogP contribution >= 0.6 is 0 Å². The van der Waals surface area contributed by atoms with Gasteiger partial charge in [0.15, 0.2) is 0 Å². The van der Waals surface area contributed by atoms with Gasteiger partial charge in [-0.3, -0.25) is 15.3 Å². The zero-order valence-electron chi connectivity index (χ0n) is 36.3. The molecular formula is C48H92N2O4. The van der Waals surface area contributed by atoms with E-state index in [9.17, 15) is 9.59 Å². The molecule has 0 heterocycles. The molecule has 54 heavy (non-hydrogen) atoms. The van der Waals surface area contributed by atoms with Gasteiger partial charge in [-0.1, -0.05) is 199 Å². The van der Waals surface area contributed by atoms with Crippen molar-refractivity contribution in [1.82, 2.24) is 0 Å². The van der Waals surface area contributed by atoms with Crippen molar-refractivity contribution in [3.63, 3.8) is 0 Å². The zero-order valence-corrected chi connectivity index (χ0v) is 36.3. The number of nitrogens with two attached hydrogens (primary N) is 2. The average molecular weight is 761 g/mol. The highest BCUT2D eigenvalue weighted by Crippen LogP contribution is 2.23. The third-order valence-electron chi connectivity index (χ3n) is 10.8. The van der Waals surface area contributed by atoms with Crippen LogP contribution < -0.4 is 11.5 Å². The molecule has 0 aliphatic carbocycles. The highest BCUT2D eigenvalue weighted by molar-refractivity contribution is 5.74. The third kappa shape index (κ3) is 36.0. The van der Waals surface area contributed by atoms with E-state index in [4.69, 9.17) is 20.9 Å². The Morgan fingerprint density at radius 1 is 0.463 bits per heavy atom. The van der Waals surface area contributed by atoms with Crippen molar-refractivity contribution in [3.05, 3.63) is 24.3 Å². The van der Waals surface area contributed by atoms with Crippen molar-refractivity contribution < 1.29 is 19.1 Å². The predicted molar refractivity (Wildman–Crippen MR) is 233 cm³/mol. The first-order valence-electron chi connectivity index (χ1n) is 23.7. The fourth-order valence-corrected chi connectivity index (χ4v) is 7.13.